The zero-order chi connectivity index (χ0) is 37.1. The molecule has 3 saturated heterocycles. The Bertz CT molecular complexity index is 1670. The molecule has 13 nitrogen and oxygen atoms in total. The molecule has 272 valence electrons. The topological polar surface area (TPSA) is 175 Å². The molecule has 14 heteroatoms. The number of aryl methyl sites for hydroxylation is 1. The van der Waals surface area contributed by atoms with Crippen LogP contribution in [0.15, 0.2) is 35.9 Å². The first-order chi connectivity index (χ1) is 23.2. The van der Waals surface area contributed by atoms with Crippen LogP contribution in [0, 0.1) is 18.8 Å². The van der Waals surface area contributed by atoms with E-state index in [2.05, 4.69) is 5.32 Å². The van der Waals surface area contributed by atoms with E-state index in [1.165, 1.54) is 14.0 Å². The molecule has 4 aliphatic rings. The molecule has 4 heterocycles. The molecule has 3 N–H and O–H groups in total. The van der Waals surface area contributed by atoms with E-state index in [0.29, 0.717) is 12.0 Å². The summed E-state index contributed by atoms with van der Waals surface area (Å²) in [6.07, 6.45) is 1.90. The fourth-order valence-electron chi connectivity index (χ4n) is 6.98. The number of Topliss-reactive ketones (excluding diaryl/α,β-unsaturated/α-hetero) is 1. The standard InChI is InChI=1S/C36H46ClN3O10/c1-18-10-9-11-20(3)36(47)16-25(48-33(45)38-36)21(4)30-35(7,50-30)27-15-28(42)40(24-14-23(12-18)13-19(2)29(24)37)17-26(41)34(6,46)32(44)39(8)22(5)31(43)49-27/h9-11,13-14,20-22,25,27,30,46-47H,12,15-17H2,1-8H3,(H,38,45)/b11-9+,18-10+/t20-,21-,22+,25+,27+,30?,34?,35+,36+/m1/s1. The highest BCUT2D eigenvalue weighted by atomic mass is 35.5. The second-order valence-corrected chi connectivity index (χ2v) is 15.0. The van der Waals surface area contributed by atoms with E-state index in [4.69, 9.17) is 25.8 Å². The van der Waals surface area contributed by atoms with Crippen molar-refractivity contribution >= 4 is 46.9 Å². The van der Waals surface area contributed by atoms with Crippen molar-refractivity contribution in [3.05, 3.63) is 52.1 Å². The summed E-state index contributed by atoms with van der Waals surface area (Å²) in [6, 6.07) is 2.28. The highest BCUT2D eigenvalue weighted by molar-refractivity contribution is 6.34. The maximum atomic E-state index is 14.4. The normalized spacial score (nSPS) is 38.9. The van der Waals surface area contributed by atoms with Gasteiger partial charge in [0.15, 0.2) is 5.78 Å². The van der Waals surface area contributed by atoms with Gasteiger partial charge in [-0.05, 0) is 58.2 Å². The van der Waals surface area contributed by atoms with E-state index in [-0.39, 0.29) is 17.1 Å². The Morgan fingerprint density at radius 1 is 1.02 bits per heavy atom. The smallest absolute Gasteiger partial charge is 0.409 e. The number of carbonyl (C=O) groups excluding carboxylic acids is 5. The Labute approximate surface area is 296 Å². The summed E-state index contributed by atoms with van der Waals surface area (Å²) in [5.74, 6) is -4.65. The number of nitrogens with zero attached hydrogens (tertiary/aromatic N) is 2. The van der Waals surface area contributed by atoms with E-state index in [1.54, 1.807) is 45.9 Å². The number of allylic oxidation sites excluding steroid dienone is 3. The Kier molecular flexibility index (Phi) is 10.0. The van der Waals surface area contributed by atoms with Crippen LogP contribution in [0.3, 0.4) is 0 Å². The lowest BCUT2D eigenvalue weighted by Crippen LogP contribution is -2.61. The van der Waals surface area contributed by atoms with Crippen molar-refractivity contribution < 1.29 is 48.4 Å². The molecule has 6 bridgehead atoms. The molecule has 0 radical (unpaired) electrons. The second kappa shape index (κ2) is 13.4. The molecular weight excluding hydrogens is 670 g/mol. The van der Waals surface area contributed by atoms with Crippen LogP contribution in [0.2, 0.25) is 5.02 Å². The second-order valence-electron chi connectivity index (χ2n) is 14.6. The number of alkyl carbamates (subject to hydrolysis) is 1. The van der Waals surface area contributed by atoms with Crippen molar-refractivity contribution in [3.8, 4) is 0 Å². The van der Waals surface area contributed by atoms with Crippen LogP contribution in [0.5, 0.6) is 0 Å². The van der Waals surface area contributed by atoms with Gasteiger partial charge in [0.05, 0.1) is 29.8 Å². The summed E-state index contributed by atoms with van der Waals surface area (Å²) < 4.78 is 17.8. The quantitative estimate of drug-likeness (QED) is 0.206. The number of epoxide rings is 1. The maximum Gasteiger partial charge on any atom is 0.409 e. The number of hydrogen-bond acceptors (Lipinski definition) is 10. The first kappa shape index (κ1) is 37.5. The molecule has 1 aromatic rings. The van der Waals surface area contributed by atoms with Gasteiger partial charge in [-0.1, -0.05) is 55.3 Å². The van der Waals surface area contributed by atoms with Gasteiger partial charge in [0.1, 0.15) is 29.6 Å². The lowest BCUT2D eigenvalue weighted by Gasteiger charge is -2.41. The molecule has 0 saturated carbocycles. The van der Waals surface area contributed by atoms with Crippen LogP contribution >= 0.6 is 11.6 Å². The average molecular weight is 716 g/mol. The van der Waals surface area contributed by atoms with Crippen molar-refractivity contribution in [3.63, 3.8) is 0 Å². The minimum atomic E-state index is -2.59. The van der Waals surface area contributed by atoms with Gasteiger partial charge in [0, 0.05) is 25.3 Å². The maximum absolute atomic E-state index is 14.4. The average Bonchev–Trinajstić information content (AvgIpc) is 3.74. The van der Waals surface area contributed by atoms with Crippen molar-refractivity contribution in [2.24, 2.45) is 11.8 Å². The van der Waals surface area contributed by atoms with Crippen LogP contribution < -0.4 is 10.2 Å². The molecule has 2 unspecified atom stereocenters. The van der Waals surface area contributed by atoms with Gasteiger partial charge in [0.2, 0.25) is 11.5 Å². The number of anilines is 1. The molecular formula is C36H46ClN3O10. The predicted octanol–water partition coefficient (Wildman–Crippen LogP) is 3.14. The number of ether oxygens (including phenoxy) is 3. The Morgan fingerprint density at radius 2 is 1.70 bits per heavy atom. The fourth-order valence-corrected chi connectivity index (χ4v) is 7.19. The summed E-state index contributed by atoms with van der Waals surface area (Å²) in [5, 5.41) is 25.6. The van der Waals surface area contributed by atoms with Crippen LogP contribution in [-0.2, 0) is 39.8 Å². The number of benzene rings is 1. The molecule has 0 aromatic heterocycles. The monoisotopic (exact) mass is 715 g/mol. The van der Waals surface area contributed by atoms with E-state index in [9.17, 15) is 34.2 Å². The summed E-state index contributed by atoms with van der Waals surface area (Å²) in [7, 11) is 1.27. The highest BCUT2D eigenvalue weighted by Gasteiger charge is 2.64. The molecule has 9 atom stereocenters. The Morgan fingerprint density at radius 3 is 2.38 bits per heavy atom. The van der Waals surface area contributed by atoms with Crippen molar-refractivity contribution in [1.82, 2.24) is 10.2 Å². The number of fused-ring (bicyclic) bond motifs is 10. The largest absolute Gasteiger partial charge is 0.457 e. The first-order valence-corrected chi connectivity index (χ1v) is 17.1. The number of likely N-dealkylation sites (N-methyl/N-ethyl adjacent to an activating group) is 1. The molecule has 3 fully saturated rings. The van der Waals surface area contributed by atoms with E-state index in [0.717, 1.165) is 27.9 Å². The van der Waals surface area contributed by atoms with Gasteiger partial charge < -0.3 is 34.2 Å². The molecule has 4 aliphatic heterocycles. The zero-order valence-corrected chi connectivity index (χ0v) is 30.4. The minimum absolute atomic E-state index is 0.0246. The Hall–Kier alpha value is -3.78. The summed E-state index contributed by atoms with van der Waals surface area (Å²) >= 11 is 6.81. The number of hydrogen-bond donors (Lipinski definition) is 3. The van der Waals surface area contributed by atoms with Gasteiger partial charge in [0.25, 0.3) is 5.91 Å². The fraction of sp³-hybridized carbons (Fsp3) is 0.583. The zero-order valence-electron chi connectivity index (χ0n) is 29.6. The highest BCUT2D eigenvalue weighted by Crippen LogP contribution is 2.49. The number of amides is 3. The first-order valence-electron chi connectivity index (χ1n) is 16.7. The molecule has 0 aliphatic carbocycles. The molecule has 5 rings (SSSR count). The SMILES string of the molecule is C/C1=C\C=C\[C@@H](C)[C@@]2(O)C[C@H](OC(=O)N2)[C@@H](C)C2O[C@@]2(C)[C@@H]2CC(=O)N(CC(=O)C(C)(O)C(=O)N(C)[C@@H](C)C(=O)O2)c2cc(cc(C)c2Cl)C1. The number of esters is 1. The third-order valence-electron chi connectivity index (χ3n) is 10.7. The van der Waals surface area contributed by atoms with Crippen molar-refractivity contribution in [1.29, 1.82) is 0 Å². The van der Waals surface area contributed by atoms with E-state index in [1.807, 2.05) is 19.1 Å². The Balaban J connectivity index is 1.67. The molecule has 50 heavy (non-hydrogen) atoms. The van der Waals surface area contributed by atoms with Crippen LogP contribution in [0.25, 0.3) is 0 Å². The number of carbonyl (C=O) groups is 5. The third kappa shape index (κ3) is 6.92. The van der Waals surface area contributed by atoms with Crippen molar-refractivity contribution in [2.45, 2.75) is 109 Å². The number of ketones is 1. The van der Waals surface area contributed by atoms with Gasteiger partial charge >= 0.3 is 12.1 Å². The molecule has 1 aromatic carbocycles. The van der Waals surface area contributed by atoms with Crippen LogP contribution in [-0.4, -0.2) is 99.6 Å². The lowest BCUT2D eigenvalue weighted by atomic mass is 9.82. The molecule has 0 spiro atoms. The van der Waals surface area contributed by atoms with Crippen LogP contribution in [0.4, 0.5) is 10.5 Å². The summed E-state index contributed by atoms with van der Waals surface area (Å²) in [5.41, 5.74) is -3.04. The van der Waals surface area contributed by atoms with Crippen LogP contribution in [0.1, 0.15) is 65.5 Å². The van der Waals surface area contributed by atoms with Gasteiger partial charge in [-0.2, -0.15) is 0 Å². The summed E-state index contributed by atoms with van der Waals surface area (Å²) in [6.45, 7) is 10.6. The minimum Gasteiger partial charge on any atom is -0.457 e. The van der Waals surface area contributed by atoms with Gasteiger partial charge in [-0.15, -0.1) is 0 Å². The number of nitrogens with one attached hydrogen (secondary N) is 1. The van der Waals surface area contributed by atoms with E-state index < -0.39 is 95.7 Å². The van der Waals surface area contributed by atoms with Gasteiger partial charge in [-0.25, -0.2) is 9.59 Å². The summed E-state index contributed by atoms with van der Waals surface area (Å²) in [4.78, 5) is 70.0. The number of aliphatic hydroxyl groups is 2. The number of rotatable bonds is 0. The van der Waals surface area contributed by atoms with Crippen molar-refractivity contribution in [2.75, 3.05) is 18.5 Å². The number of halogens is 1. The van der Waals surface area contributed by atoms with Gasteiger partial charge in [-0.3, -0.25) is 19.7 Å². The molecule has 3 amide bonds. The predicted molar refractivity (Wildman–Crippen MR) is 182 cm³/mol. The third-order valence-corrected chi connectivity index (χ3v) is 11.2. The van der Waals surface area contributed by atoms with E-state index >= 15 is 0 Å². The lowest BCUT2D eigenvalue weighted by molar-refractivity contribution is -0.169.